The molecule has 62 valence electrons. The van der Waals surface area contributed by atoms with E-state index in [9.17, 15) is 14.7 Å². The van der Waals surface area contributed by atoms with Crippen molar-refractivity contribution in [1.82, 2.24) is 5.32 Å². The van der Waals surface area contributed by atoms with E-state index in [0.717, 1.165) is 0 Å². The number of phenolic OH excluding ortho intramolecular Hbond substituents is 1. The van der Waals surface area contributed by atoms with E-state index in [1.165, 1.54) is 18.2 Å². The van der Waals surface area contributed by atoms with E-state index in [0.29, 0.717) is 0 Å². The minimum absolute atomic E-state index is 0. The summed E-state index contributed by atoms with van der Waals surface area (Å²) < 4.78 is 0. The van der Waals surface area contributed by atoms with Gasteiger partial charge < -0.3 is 6.53 Å². The van der Waals surface area contributed by atoms with Gasteiger partial charge in [-0.3, -0.25) is 14.9 Å². The maximum absolute atomic E-state index is 11.0. The molecule has 1 aliphatic rings. The third-order valence-electron chi connectivity index (χ3n) is 1.74. The second kappa shape index (κ2) is 3.89. The number of hydrogen-bond donors (Lipinski definition) is 2. The Morgan fingerprint density at radius 2 is 1.92 bits per heavy atom. The van der Waals surface area contributed by atoms with Crippen molar-refractivity contribution in [3.8, 4) is 5.75 Å². The summed E-state index contributed by atoms with van der Waals surface area (Å²) in [4.78, 5) is 22.0. The van der Waals surface area contributed by atoms with E-state index < -0.39 is 11.8 Å². The summed E-state index contributed by atoms with van der Waals surface area (Å²) in [5, 5.41) is 11.3. The van der Waals surface area contributed by atoms with Gasteiger partial charge in [-0.25, -0.2) is 0 Å². The van der Waals surface area contributed by atoms with Crippen LogP contribution in [0.3, 0.4) is 0 Å². The molecular weight excluding hydrogens is 197 g/mol. The number of rotatable bonds is 0. The molecule has 1 aliphatic heterocycles. The van der Waals surface area contributed by atoms with Crippen LogP contribution in [0.1, 0.15) is 22.1 Å². The van der Waals surface area contributed by atoms with Crippen molar-refractivity contribution < 1.29 is 67.5 Å². The summed E-state index contributed by atoms with van der Waals surface area (Å²) in [5.41, 5.74) is 0.308. The maximum Gasteiger partial charge on any atom is 1.00 e. The molecular formula is C8H6KNO3. The Hall–Kier alpha value is -0.204. The molecule has 4 nitrogen and oxygen atoms in total. The van der Waals surface area contributed by atoms with Gasteiger partial charge >= 0.3 is 51.4 Å². The van der Waals surface area contributed by atoms with Gasteiger partial charge in [-0.15, -0.1) is 0 Å². The molecule has 0 atom stereocenters. The minimum atomic E-state index is -0.534. The van der Waals surface area contributed by atoms with E-state index in [-0.39, 0.29) is 69.7 Å². The topological polar surface area (TPSA) is 66.4 Å². The number of fused-ring (bicyclic) bond motifs is 1. The molecule has 1 aromatic rings. The first kappa shape index (κ1) is 10.9. The molecule has 1 heterocycles. The average Bonchev–Trinajstić information content (AvgIpc) is 2.29. The van der Waals surface area contributed by atoms with Crippen LogP contribution in [0.5, 0.6) is 5.75 Å². The van der Waals surface area contributed by atoms with Gasteiger partial charge in [0.2, 0.25) is 0 Å². The Balaban J connectivity index is 0.000000845. The molecule has 0 bridgehead atoms. The molecule has 13 heavy (non-hydrogen) atoms. The third-order valence-corrected chi connectivity index (χ3v) is 1.74. The minimum Gasteiger partial charge on any atom is -1.00 e. The number of phenols is 1. The average molecular weight is 203 g/mol. The molecule has 5 heteroatoms. The molecule has 0 unspecified atom stereocenters. The summed E-state index contributed by atoms with van der Waals surface area (Å²) in [5.74, 6) is -1.14. The van der Waals surface area contributed by atoms with Gasteiger partial charge in [0.25, 0.3) is 11.8 Å². The number of carbonyl (C=O) groups excluding carboxylic acids is 2. The van der Waals surface area contributed by atoms with Gasteiger partial charge in [-0.05, 0) is 12.1 Å². The van der Waals surface area contributed by atoms with Crippen LogP contribution in [0.15, 0.2) is 18.2 Å². The van der Waals surface area contributed by atoms with Crippen LogP contribution in [-0.4, -0.2) is 16.9 Å². The zero-order valence-corrected chi connectivity index (χ0v) is 10.1. The van der Waals surface area contributed by atoms with Gasteiger partial charge in [-0.1, -0.05) is 6.07 Å². The fourth-order valence-corrected chi connectivity index (χ4v) is 1.20. The summed E-state index contributed by atoms with van der Waals surface area (Å²) in [7, 11) is 0. The molecule has 0 spiro atoms. The van der Waals surface area contributed by atoms with Crippen molar-refractivity contribution in [3.63, 3.8) is 0 Å². The smallest absolute Gasteiger partial charge is 1.00 e. The summed E-state index contributed by atoms with van der Waals surface area (Å²) in [6.45, 7) is 0. The molecule has 0 saturated heterocycles. The Kier molecular flexibility index (Phi) is 3.26. The van der Waals surface area contributed by atoms with Crippen molar-refractivity contribution >= 4 is 11.8 Å². The normalized spacial score (nSPS) is 13.2. The second-order valence-electron chi connectivity index (χ2n) is 2.48. The molecule has 0 radical (unpaired) electrons. The maximum atomic E-state index is 11.0. The second-order valence-corrected chi connectivity index (χ2v) is 2.48. The van der Waals surface area contributed by atoms with Crippen LogP contribution in [0.4, 0.5) is 0 Å². The zero-order chi connectivity index (χ0) is 8.72. The summed E-state index contributed by atoms with van der Waals surface area (Å²) in [6.07, 6.45) is 0. The standard InChI is InChI=1S/C8H5NO3.K.H/c10-5-3-1-2-4-6(5)8(12)9-7(4)11;;/h1-3,10H,(H,9,11,12);;/q;+1;-1. The summed E-state index contributed by atoms with van der Waals surface area (Å²) >= 11 is 0. The fourth-order valence-electron chi connectivity index (χ4n) is 1.20. The third kappa shape index (κ3) is 1.70. The first-order valence-corrected chi connectivity index (χ1v) is 3.38. The van der Waals surface area contributed by atoms with Crippen LogP contribution < -0.4 is 56.7 Å². The first-order chi connectivity index (χ1) is 5.70. The van der Waals surface area contributed by atoms with Gasteiger partial charge in [0.1, 0.15) is 5.75 Å². The van der Waals surface area contributed by atoms with Crippen LogP contribution in [0, 0.1) is 0 Å². The predicted molar refractivity (Wildman–Crippen MR) is 41.0 cm³/mol. The van der Waals surface area contributed by atoms with Gasteiger partial charge in [-0.2, -0.15) is 0 Å². The summed E-state index contributed by atoms with van der Waals surface area (Å²) in [6, 6.07) is 4.39. The van der Waals surface area contributed by atoms with Crippen LogP contribution in [0.2, 0.25) is 0 Å². The first-order valence-electron chi connectivity index (χ1n) is 3.38. The largest absolute Gasteiger partial charge is 1.00 e. The molecule has 2 N–H and O–H groups in total. The number of benzene rings is 1. The number of amides is 2. The number of hydrogen-bond acceptors (Lipinski definition) is 3. The zero-order valence-electron chi connectivity index (χ0n) is 8.00. The molecule has 2 amide bonds. The molecule has 0 aliphatic carbocycles. The van der Waals surface area contributed by atoms with Gasteiger partial charge in [0.15, 0.2) is 0 Å². The molecule has 0 aromatic heterocycles. The van der Waals surface area contributed by atoms with Crippen molar-refractivity contribution in [2.24, 2.45) is 0 Å². The number of carbonyl (C=O) groups is 2. The number of nitrogens with one attached hydrogen (secondary N) is 1. The molecule has 0 fully saturated rings. The Morgan fingerprint density at radius 1 is 1.23 bits per heavy atom. The molecule has 1 aromatic carbocycles. The quantitative estimate of drug-likeness (QED) is 0.359. The molecule has 2 rings (SSSR count). The van der Waals surface area contributed by atoms with E-state index in [2.05, 4.69) is 5.32 Å². The molecule has 0 saturated carbocycles. The van der Waals surface area contributed by atoms with Crippen molar-refractivity contribution in [3.05, 3.63) is 29.3 Å². The van der Waals surface area contributed by atoms with Crippen LogP contribution in [0.25, 0.3) is 0 Å². The van der Waals surface area contributed by atoms with E-state index in [1.807, 2.05) is 0 Å². The number of aromatic hydroxyl groups is 1. The predicted octanol–water partition coefficient (Wildman–Crippen LogP) is -2.61. The fraction of sp³-hybridized carbons (Fsp3) is 0. The van der Waals surface area contributed by atoms with Crippen molar-refractivity contribution in [1.29, 1.82) is 0 Å². The van der Waals surface area contributed by atoms with E-state index in [1.54, 1.807) is 0 Å². The van der Waals surface area contributed by atoms with Gasteiger partial charge in [0.05, 0.1) is 11.1 Å². The van der Waals surface area contributed by atoms with E-state index in [4.69, 9.17) is 0 Å². The Bertz CT molecular complexity index is 394. The van der Waals surface area contributed by atoms with Crippen LogP contribution in [-0.2, 0) is 0 Å². The monoisotopic (exact) mass is 203 g/mol. The van der Waals surface area contributed by atoms with E-state index >= 15 is 0 Å². The number of imide groups is 1. The van der Waals surface area contributed by atoms with Crippen molar-refractivity contribution in [2.75, 3.05) is 0 Å². The Labute approximate surface area is 118 Å². The van der Waals surface area contributed by atoms with Crippen molar-refractivity contribution in [2.45, 2.75) is 0 Å². The SMILES string of the molecule is O=C1NC(=O)c2c(O)cccc21.[H-].[K+]. The Morgan fingerprint density at radius 3 is 2.54 bits per heavy atom. The van der Waals surface area contributed by atoms with Crippen LogP contribution >= 0.6 is 0 Å². The van der Waals surface area contributed by atoms with Gasteiger partial charge in [0, 0.05) is 0 Å².